The van der Waals surface area contributed by atoms with E-state index in [9.17, 15) is 52.7 Å². The summed E-state index contributed by atoms with van der Waals surface area (Å²) >= 11 is 0. The van der Waals surface area contributed by atoms with Gasteiger partial charge < -0.3 is 4.90 Å². The molecule has 1 aromatic carbocycles. The van der Waals surface area contributed by atoms with Crippen LogP contribution < -0.4 is 0 Å². The van der Waals surface area contributed by atoms with E-state index in [0.29, 0.717) is 34.1 Å². The molecule has 1 aromatic heterocycles. The monoisotopic (exact) mass is 549 g/mol. The predicted molar refractivity (Wildman–Crippen MR) is 103 cm³/mol. The Kier molecular flexibility index (Phi) is 5.92. The molecular weight excluding hydrogens is 533 g/mol. The van der Waals surface area contributed by atoms with Crippen molar-refractivity contribution >= 4 is 15.7 Å². The zero-order valence-electron chi connectivity index (χ0n) is 17.9. The van der Waals surface area contributed by atoms with Gasteiger partial charge in [0.15, 0.2) is 9.84 Å². The third-order valence-electron chi connectivity index (χ3n) is 6.32. The van der Waals surface area contributed by atoms with Gasteiger partial charge in [-0.05, 0) is 37.5 Å². The number of carbonyl (C=O) groups excluding carboxylic acids is 1. The fraction of sp³-hybridized carbons (Fsp3) is 0.500. The van der Waals surface area contributed by atoms with Gasteiger partial charge in [-0.15, -0.1) is 0 Å². The molecule has 36 heavy (non-hydrogen) atoms. The van der Waals surface area contributed by atoms with E-state index in [4.69, 9.17) is 0 Å². The molecule has 0 N–H and O–H groups in total. The van der Waals surface area contributed by atoms with Crippen LogP contribution in [0, 0.1) is 5.41 Å². The Hall–Kier alpha value is -2.78. The molecule has 0 radical (unpaired) electrons. The highest BCUT2D eigenvalue weighted by Crippen LogP contribution is 2.59. The zero-order valence-corrected chi connectivity index (χ0v) is 18.7. The molecule has 1 saturated heterocycles. The second-order valence-corrected chi connectivity index (χ2v) is 10.8. The van der Waals surface area contributed by atoms with Crippen molar-refractivity contribution in [2.45, 2.75) is 47.9 Å². The topological polar surface area (TPSA) is 72.3 Å². The second kappa shape index (κ2) is 8.11. The third-order valence-corrected chi connectivity index (χ3v) is 8.55. The number of likely N-dealkylation sites (tertiary alicyclic amines) is 1. The molecule has 1 aliphatic heterocycles. The van der Waals surface area contributed by atoms with Crippen molar-refractivity contribution in [3.8, 4) is 5.69 Å². The molecule has 198 valence electrons. The van der Waals surface area contributed by atoms with Crippen molar-refractivity contribution in [2.75, 3.05) is 13.1 Å². The number of nitrogens with zero attached hydrogens (tertiary/aromatic N) is 3. The summed E-state index contributed by atoms with van der Waals surface area (Å²) in [5, 5.41) is 1.77. The first kappa shape index (κ1) is 26.3. The molecule has 2 aromatic rings. The molecule has 1 unspecified atom stereocenters. The standard InChI is InChI=1S/C20H16F9N3O3S/c21-18(22,23)11-8-30-32(9-11)12-1-2-15(14(7-12)19(24,25)26)36(34,35)13-3-6-31(10-13)16(33)17(4-5-17)20(27,28)29/h1-2,7-9,13H,3-6,10H2. The second-order valence-electron chi connectivity index (χ2n) is 8.64. The normalized spacial score (nSPS) is 20.6. The Bertz CT molecular complexity index is 1290. The summed E-state index contributed by atoms with van der Waals surface area (Å²) in [6.45, 7) is -1.10. The number of rotatable bonds is 4. The Morgan fingerprint density at radius 3 is 2.14 bits per heavy atom. The number of aromatic nitrogens is 2. The first-order chi connectivity index (χ1) is 16.4. The average Bonchev–Trinajstić information content (AvgIpc) is 3.19. The van der Waals surface area contributed by atoms with Gasteiger partial charge in [-0.1, -0.05) is 0 Å². The molecule has 1 aliphatic carbocycles. The Morgan fingerprint density at radius 1 is 1.00 bits per heavy atom. The number of benzene rings is 1. The highest BCUT2D eigenvalue weighted by Gasteiger charge is 2.69. The summed E-state index contributed by atoms with van der Waals surface area (Å²) in [6, 6.07) is 1.71. The Balaban J connectivity index is 1.64. The molecule has 1 saturated carbocycles. The SMILES string of the molecule is O=C(N1CCC(S(=O)(=O)c2ccc(-n3cc(C(F)(F)F)cn3)cc2C(F)(F)F)C1)C1(C(F)(F)F)CC1. The number of amides is 1. The van der Waals surface area contributed by atoms with E-state index in [1.165, 1.54) is 0 Å². The maximum absolute atomic E-state index is 13.8. The molecule has 4 rings (SSSR count). The Morgan fingerprint density at radius 2 is 1.64 bits per heavy atom. The van der Waals surface area contributed by atoms with E-state index in [1.54, 1.807) is 0 Å². The summed E-state index contributed by atoms with van der Waals surface area (Å²) in [4.78, 5) is 11.9. The van der Waals surface area contributed by atoms with Gasteiger partial charge in [0.05, 0.1) is 33.2 Å². The van der Waals surface area contributed by atoms with E-state index >= 15 is 0 Å². The van der Waals surface area contributed by atoms with Gasteiger partial charge in [-0.3, -0.25) is 4.79 Å². The average molecular weight is 549 g/mol. The van der Waals surface area contributed by atoms with Crippen LogP contribution in [0.3, 0.4) is 0 Å². The van der Waals surface area contributed by atoms with Gasteiger partial charge in [-0.2, -0.15) is 44.6 Å². The van der Waals surface area contributed by atoms with Gasteiger partial charge in [0.25, 0.3) is 0 Å². The highest BCUT2D eigenvalue weighted by atomic mass is 32.2. The van der Waals surface area contributed by atoms with Crippen molar-refractivity contribution in [1.29, 1.82) is 0 Å². The van der Waals surface area contributed by atoms with Crippen LogP contribution in [0.2, 0.25) is 0 Å². The fourth-order valence-electron chi connectivity index (χ4n) is 4.13. The minimum absolute atomic E-state index is 0.320. The molecule has 0 spiro atoms. The number of hydrogen-bond donors (Lipinski definition) is 0. The van der Waals surface area contributed by atoms with E-state index in [0.717, 1.165) is 6.07 Å². The molecule has 6 nitrogen and oxygen atoms in total. The first-order valence-electron chi connectivity index (χ1n) is 10.3. The summed E-state index contributed by atoms with van der Waals surface area (Å²) in [5.74, 6) is -1.31. The minimum atomic E-state index is -5.25. The van der Waals surface area contributed by atoms with Crippen molar-refractivity contribution in [1.82, 2.24) is 14.7 Å². The lowest BCUT2D eigenvalue weighted by atomic mass is 10.1. The lowest BCUT2D eigenvalue weighted by Gasteiger charge is -2.25. The minimum Gasteiger partial charge on any atom is -0.341 e. The summed E-state index contributed by atoms with van der Waals surface area (Å²) in [5.41, 5.74) is -6.01. The van der Waals surface area contributed by atoms with Crippen molar-refractivity contribution in [3.05, 3.63) is 41.7 Å². The molecule has 2 fully saturated rings. The van der Waals surface area contributed by atoms with Crippen LogP contribution in [0.1, 0.15) is 30.4 Å². The largest absolute Gasteiger partial charge is 0.419 e. The van der Waals surface area contributed by atoms with Crippen LogP contribution in [-0.4, -0.2) is 53.5 Å². The van der Waals surface area contributed by atoms with Crippen molar-refractivity contribution < 1.29 is 52.7 Å². The smallest absolute Gasteiger partial charge is 0.341 e. The quantitative estimate of drug-likeness (QED) is 0.522. The van der Waals surface area contributed by atoms with Crippen LogP contribution in [0.15, 0.2) is 35.5 Å². The number of carbonyl (C=O) groups is 1. The maximum atomic E-state index is 13.8. The molecule has 0 bridgehead atoms. The first-order valence-corrected chi connectivity index (χ1v) is 11.9. The summed E-state index contributed by atoms with van der Waals surface area (Å²) < 4.78 is 146. The van der Waals surface area contributed by atoms with Crippen LogP contribution in [0.25, 0.3) is 5.69 Å². The number of alkyl halides is 9. The molecule has 1 atom stereocenters. The number of halogens is 9. The third kappa shape index (κ3) is 4.43. The van der Waals surface area contributed by atoms with Gasteiger partial charge in [0.2, 0.25) is 5.91 Å². The summed E-state index contributed by atoms with van der Waals surface area (Å²) in [6.07, 6.45) is -15.4. The molecule has 16 heteroatoms. The number of sulfone groups is 1. The zero-order chi connectivity index (χ0) is 26.9. The van der Waals surface area contributed by atoms with Crippen LogP contribution in [-0.2, 0) is 27.0 Å². The molecule has 2 aliphatic rings. The lowest BCUT2D eigenvalue weighted by Crippen LogP contribution is -2.43. The van der Waals surface area contributed by atoms with E-state index < -0.39 is 86.0 Å². The van der Waals surface area contributed by atoms with E-state index in [-0.39, 0.29) is 13.0 Å². The highest BCUT2D eigenvalue weighted by molar-refractivity contribution is 7.92. The van der Waals surface area contributed by atoms with Gasteiger partial charge in [-0.25, -0.2) is 13.1 Å². The van der Waals surface area contributed by atoms with Gasteiger partial charge >= 0.3 is 18.5 Å². The van der Waals surface area contributed by atoms with Gasteiger partial charge in [0.1, 0.15) is 5.41 Å². The maximum Gasteiger partial charge on any atom is 0.419 e. The molecular formula is C20H16F9N3O3S. The molecule has 1 amide bonds. The fourth-order valence-corrected chi connectivity index (χ4v) is 6.02. The lowest BCUT2D eigenvalue weighted by molar-refractivity contribution is -0.197. The van der Waals surface area contributed by atoms with Crippen molar-refractivity contribution in [2.24, 2.45) is 5.41 Å². The van der Waals surface area contributed by atoms with Crippen LogP contribution in [0.5, 0.6) is 0 Å². The molecule has 2 heterocycles. The van der Waals surface area contributed by atoms with Crippen LogP contribution in [0.4, 0.5) is 39.5 Å². The van der Waals surface area contributed by atoms with Gasteiger partial charge in [0, 0.05) is 19.3 Å². The van der Waals surface area contributed by atoms with Crippen LogP contribution >= 0.6 is 0 Å². The van der Waals surface area contributed by atoms with E-state index in [1.807, 2.05) is 0 Å². The Labute approximate surface area is 197 Å². The van der Waals surface area contributed by atoms with E-state index in [2.05, 4.69) is 5.10 Å². The van der Waals surface area contributed by atoms with Crippen molar-refractivity contribution in [3.63, 3.8) is 0 Å². The predicted octanol–water partition coefficient (Wildman–Crippen LogP) is 4.63. The number of hydrogen-bond acceptors (Lipinski definition) is 4. The summed E-state index contributed by atoms with van der Waals surface area (Å²) in [7, 11) is -4.80.